The molecule has 0 fully saturated rings. The fraction of sp³-hybridized carbons (Fsp3) is 0.438. The van der Waals surface area contributed by atoms with Crippen LogP contribution in [-0.2, 0) is 23.9 Å². The van der Waals surface area contributed by atoms with Crippen LogP contribution in [0.1, 0.15) is 20.3 Å². The SMILES string of the molecule is COC(=O)CC(NC(=O)C(C)(C)Oc1ccc(Cl)cc1)C(=O)OC. The Morgan fingerprint density at radius 2 is 1.71 bits per heavy atom. The highest BCUT2D eigenvalue weighted by molar-refractivity contribution is 6.30. The molecule has 0 radical (unpaired) electrons. The number of benzene rings is 1. The van der Waals surface area contributed by atoms with Gasteiger partial charge in [-0.1, -0.05) is 11.6 Å². The molecule has 0 aliphatic carbocycles. The Morgan fingerprint density at radius 1 is 1.12 bits per heavy atom. The molecule has 1 amide bonds. The fourth-order valence-corrected chi connectivity index (χ4v) is 1.89. The molecule has 0 bridgehead atoms. The number of hydrogen-bond acceptors (Lipinski definition) is 6. The first-order valence-corrected chi connectivity index (χ1v) is 7.47. The van der Waals surface area contributed by atoms with Crippen molar-refractivity contribution in [3.8, 4) is 5.75 Å². The minimum Gasteiger partial charge on any atom is -0.478 e. The molecular weight excluding hydrogens is 338 g/mol. The minimum absolute atomic E-state index is 0.341. The molecule has 1 aromatic rings. The molecule has 8 heteroatoms. The predicted molar refractivity (Wildman–Crippen MR) is 86.7 cm³/mol. The maximum Gasteiger partial charge on any atom is 0.328 e. The monoisotopic (exact) mass is 357 g/mol. The molecule has 24 heavy (non-hydrogen) atoms. The molecule has 1 rings (SSSR count). The lowest BCUT2D eigenvalue weighted by atomic mass is 10.1. The van der Waals surface area contributed by atoms with Crippen LogP contribution in [0.25, 0.3) is 0 Å². The van der Waals surface area contributed by atoms with E-state index < -0.39 is 29.5 Å². The number of esters is 2. The Morgan fingerprint density at radius 3 is 2.21 bits per heavy atom. The first kappa shape index (κ1) is 19.8. The van der Waals surface area contributed by atoms with E-state index in [0.29, 0.717) is 10.8 Å². The summed E-state index contributed by atoms with van der Waals surface area (Å²) in [6, 6.07) is 5.31. The third-order valence-corrected chi connectivity index (χ3v) is 3.37. The molecule has 7 nitrogen and oxygen atoms in total. The zero-order valence-electron chi connectivity index (χ0n) is 13.9. The highest BCUT2D eigenvalue weighted by Crippen LogP contribution is 2.21. The number of rotatable bonds is 7. The van der Waals surface area contributed by atoms with Crippen molar-refractivity contribution in [2.75, 3.05) is 14.2 Å². The van der Waals surface area contributed by atoms with Crippen molar-refractivity contribution in [2.24, 2.45) is 0 Å². The van der Waals surface area contributed by atoms with Crippen molar-refractivity contribution in [1.82, 2.24) is 5.32 Å². The number of hydrogen-bond donors (Lipinski definition) is 1. The second-order valence-corrected chi connectivity index (χ2v) is 5.83. The number of carbonyl (C=O) groups is 3. The molecular formula is C16H20ClNO6. The van der Waals surface area contributed by atoms with E-state index in [1.165, 1.54) is 21.0 Å². The van der Waals surface area contributed by atoms with Crippen LogP contribution in [0, 0.1) is 0 Å². The zero-order chi connectivity index (χ0) is 18.3. The van der Waals surface area contributed by atoms with E-state index >= 15 is 0 Å². The molecule has 0 saturated carbocycles. The third-order valence-electron chi connectivity index (χ3n) is 3.12. The highest BCUT2D eigenvalue weighted by atomic mass is 35.5. The van der Waals surface area contributed by atoms with Gasteiger partial charge >= 0.3 is 11.9 Å². The van der Waals surface area contributed by atoms with E-state index in [0.717, 1.165) is 7.11 Å². The van der Waals surface area contributed by atoms with Crippen LogP contribution in [-0.4, -0.2) is 43.7 Å². The van der Waals surface area contributed by atoms with Gasteiger partial charge in [-0.05, 0) is 38.1 Å². The lowest BCUT2D eigenvalue weighted by molar-refractivity contribution is -0.152. The minimum atomic E-state index is -1.30. The summed E-state index contributed by atoms with van der Waals surface area (Å²) in [5.74, 6) is -1.56. The molecule has 1 atom stereocenters. The van der Waals surface area contributed by atoms with Crippen molar-refractivity contribution in [2.45, 2.75) is 31.9 Å². The Balaban J connectivity index is 2.81. The summed E-state index contributed by atoms with van der Waals surface area (Å²) in [5.41, 5.74) is -1.30. The van der Waals surface area contributed by atoms with Gasteiger partial charge in [0.05, 0.1) is 20.6 Å². The summed E-state index contributed by atoms with van der Waals surface area (Å²) in [5, 5.41) is 2.98. The maximum absolute atomic E-state index is 12.4. The number of carbonyl (C=O) groups excluding carboxylic acids is 3. The van der Waals surface area contributed by atoms with Gasteiger partial charge in [0.2, 0.25) is 0 Å². The van der Waals surface area contributed by atoms with Gasteiger partial charge in [0.25, 0.3) is 5.91 Å². The normalized spacial score (nSPS) is 12.0. The van der Waals surface area contributed by atoms with Gasteiger partial charge in [-0.15, -0.1) is 0 Å². The smallest absolute Gasteiger partial charge is 0.328 e. The van der Waals surface area contributed by atoms with Gasteiger partial charge in [0.15, 0.2) is 5.60 Å². The molecule has 0 heterocycles. The first-order valence-electron chi connectivity index (χ1n) is 7.09. The quantitative estimate of drug-likeness (QED) is 0.747. The number of amides is 1. The maximum atomic E-state index is 12.4. The van der Waals surface area contributed by atoms with E-state index in [1.807, 2.05) is 0 Å². The third kappa shape index (κ3) is 5.73. The van der Waals surface area contributed by atoms with Crippen LogP contribution in [0.15, 0.2) is 24.3 Å². The van der Waals surface area contributed by atoms with Gasteiger partial charge in [-0.25, -0.2) is 4.79 Å². The topological polar surface area (TPSA) is 90.9 Å². The van der Waals surface area contributed by atoms with Crippen LogP contribution in [0.2, 0.25) is 5.02 Å². The Labute approximate surface area is 145 Å². The first-order chi connectivity index (χ1) is 11.2. The summed E-state index contributed by atoms with van der Waals surface area (Å²) >= 11 is 5.80. The van der Waals surface area contributed by atoms with Crippen LogP contribution < -0.4 is 10.1 Å². The summed E-state index contributed by atoms with van der Waals surface area (Å²) in [4.78, 5) is 35.5. The van der Waals surface area contributed by atoms with E-state index in [2.05, 4.69) is 14.8 Å². The highest BCUT2D eigenvalue weighted by Gasteiger charge is 2.34. The molecule has 0 aliphatic heterocycles. The van der Waals surface area contributed by atoms with E-state index in [4.69, 9.17) is 16.3 Å². The number of nitrogens with one attached hydrogen (secondary N) is 1. The lowest BCUT2D eigenvalue weighted by Gasteiger charge is -2.27. The van der Waals surface area contributed by atoms with Crippen LogP contribution in [0.4, 0.5) is 0 Å². The van der Waals surface area contributed by atoms with Crippen molar-refractivity contribution in [3.63, 3.8) is 0 Å². The van der Waals surface area contributed by atoms with Crippen molar-refractivity contribution in [1.29, 1.82) is 0 Å². The van der Waals surface area contributed by atoms with Gasteiger partial charge in [-0.2, -0.15) is 0 Å². The Kier molecular flexibility index (Phi) is 7.03. The average Bonchev–Trinajstić information content (AvgIpc) is 2.55. The van der Waals surface area contributed by atoms with E-state index in [-0.39, 0.29) is 6.42 Å². The largest absolute Gasteiger partial charge is 0.478 e. The van der Waals surface area contributed by atoms with Crippen molar-refractivity contribution >= 4 is 29.4 Å². The fourth-order valence-electron chi connectivity index (χ4n) is 1.76. The van der Waals surface area contributed by atoms with E-state index in [1.54, 1.807) is 24.3 Å². The average molecular weight is 358 g/mol. The molecule has 0 saturated heterocycles. The molecule has 0 aromatic heterocycles. The molecule has 1 aromatic carbocycles. The van der Waals surface area contributed by atoms with Crippen LogP contribution in [0.3, 0.4) is 0 Å². The lowest BCUT2D eigenvalue weighted by Crippen LogP contribution is -2.53. The van der Waals surface area contributed by atoms with Gasteiger partial charge < -0.3 is 19.5 Å². The molecule has 0 aliphatic rings. The summed E-state index contributed by atoms with van der Waals surface area (Å²) in [7, 11) is 2.35. The van der Waals surface area contributed by atoms with Gasteiger partial charge in [0, 0.05) is 5.02 Å². The molecule has 1 unspecified atom stereocenters. The van der Waals surface area contributed by atoms with Gasteiger partial charge in [0.1, 0.15) is 11.8 Å². The molecule has 1 N–H and O–H groups in total. The van der Waals surface area contributed by atoms with Crippen molar-refractivity contribution < 1.29 is 28.6 Å². The standard InChI is InChI=1S/C16H20ClNO6/c1-16(2,24-11-7-5-10(17)6-8-11)15(21)18-12(14(20)23-4)9-13(19)22-3/h5-8,12H,9H2,1-4H3,(H,18,21). The number of ether oxygens (including phenoxy) is 3. The van der Waals surface area contributed by atoms with Crippen molar-refractivity contribution in [3.05, 3.63) is 29.3 Å². The second-order valence-electron chi connectivity index (χ2n) is 5.40. The van der Waals surface area contributed by atoms with Gasteiger partial charge in [-0.3, -0.25) is 9.59 Å². The number of halogens is 1. The Hall–Kier alpha value is -2.28. The Bertz CT molecular complexity index is 599. The van der Waals surface area contributed by atoms with Crippen LogP contribution >= 0.6 is 11.6 Å². The summed E-state index contributed by atoms with van der Waals surface area (Å²) in [6.07, 6.45) is -0.341. The second kappa shape index (κ2) is 8.54. The summed E-state index contributed by atoms with van der Waals surface area (Å²) in [6.45, 7) is 3.06. The summed E-state index contributed by atoms with van der Waals surface area (Å²) < 4.78 is 14.7. The number of methoxy groups -OCH3 is 2. The molecule has 0 spiro atoms. The predicted octanol–water partition coefficient (Wildman–Crippen LogP) is 1.72. The molecule has 132 valence electrons. The van der Waals surface area contributed by atoms with E-state index in [9.17, 15) is 14.4 Å². The van der Waals surface area contributed by atoms with Crippen LogP contribution in [0.5, 0.6) is 5.75 Å². The zero-order valence-corrected chi connectivity index (χ0v) is 14.7.